The van der Waals surface area contributed by atoms with Gasteiger partial charge in [0.25, 0.3) is 5.91 Å². The molecule has 0 radical (unpaired) electrons. The zero-order valence-corrected chi connectivity index (χ0v) is 19.9. The van der Waals surface area contributed by atoms with E-state index < -0.39 is 0 Å². The van der Waals surface area contributed by atoms with Crippen molar-refractivity contribution in [1.82, 2.24) is 9.97 Å². The second-order valence-electron chi connectivity index (χ2n) is 11.5. The van der Waals surface area contributed by atoms with E-state index in [4.69, 9.17) is 9.97 Å². The first-order chi connectivity index (χ1) is 17.0. The average molecular weight is 468 g/mol. The average Bonchev–Trinajstić information content (AvgIpc) is 2.83. The molecule has 4 bridgehead atoms. The topological polar surface area (TPSA) is 54.9 Å². The molecule has 0 atom stereocenters. The highest BCUT2D eigenvalue weighted by atomic mass is 19.1. The highest BCUT2D eigenvalue weighted by Crippen LogP contribution is 2.61. The number of hydrogen-bond acceptors (Lipinski definition) is 3. The third-order valence-corrected chi connectivity index (χ3v) is 8.97. The van der Waals surface area contributed by atoms with Crippen LogP contribution in [0.3, 0.4) is 0 Å². The molecule has 4 nitrogen and oxygen atoms in total. The molecule has 0 aliphatic heterocycles. The Morgan fingerprint density at radius 1 is 0.943 bits per heavy atom. The molecule has 5 aliphatic carbocycles. The Bertz CT molecular complexity index is 1280. The predicted molar refractivity (Wildman–Crippen MR) is 134 cm³/mol. The summed E-state index contributed by atoms with van der Waals surface area (Å²) in [6, 6.07) is 14.3. The molecule has 0 spiro atoms. The number of aromatic nitrogens is 2. The van der Waals surface area contributed by atoms with Gasteiger partial charge in [-0.15, -0.1) is 0 Å². The molecule has 35 heavy (non-hydrogen) atoms. The van der Waals surface area contributed by atoms with Gasteiger partial charge in [-0.1, -0.05) is 18.2 Å². The van der Waals surface area contributed by atoms with Gasteiger partial charge in [0, 0.05) is 11.1 Å². The number of carbonyl (C=O) groups is 1. The van der Waals surface area contributed by atoms with Gasteiger partial charge in [0.15, 0.2) is 5.82 Å². The number of fused-ring (bicyclic) bond motifs is 3. The van der Waals surface area contributed by atoms with Crippen molar-refractivity contribution in [2.24, 2.45) is 23.2 Å². The Morgan fingerprint density at radius 3 is 2.37 bits per heavy atom. The minimum absolute atomic E-state index is 0.148. The van der Waals surface area contributed by atoms with Crippen molar-refractivity contribution in [2.75, 3.05) is 5.32 Å². The van der Waals surface area contributed by atoms with E-state index in [2.05, 4.69) is 5.32 Å². The Kier molecular flexibility index (Phi) is 4.83. The van der Waals surface area contributed by atoms with Gasteiger partial charge < -0.3 is 5.32 Å². The molecule has 3 aromatic rings. The van der Waals surface area contributed by atoms with E-state index in [1.807, 2.05) is 36.4 Å². The van der Waals surface area contributed by atoms with Crippen LogP contribution in [0.25, 0.3) is 11.3 Å². The third kappa shape index (κ3) is 3.76. The van der Waals surface area contributed by atoms with Crippen LogP contribution < -0.4 is 5.32 Å². The van der Waals surface area contributed by atoms with Crippen LogP contribution in [-0.2, 0) is 19.3 Å². The number of anilines is 1. The minimum Gasteiger partial charge on any atom is -0.305 e. The summed E-state index contributed by atoms with van der Waals surface area (Å²) >= 11 is 0. The van der Waals surface area contributed by atoms with Crippen LogP contribution >= 0.6 is 0 Å². The highest BCUT2D eigenvalue weighted by Gasteiger charge is 2.51. The van der Waals surface area contributed by atoms with Gasteiger partial charge in [0.05, 0.1) is 17.1 Å². The summed E-state index contributed by atoms with van der Waals surface area (Å²) in [7, 11) is 0. The molecule has 4 saturated carbocycles. The summed E-state index contributed by atoms with van der Waals surface area (Å²) in [5, 5.41) is 3.12. The van der Waals surface area contributed by atoms with Crippen LogP contribution in [0.15, 0.2) is 48.5 Å². The van der Waals surface area contributed by atoms with E-state index in [1.54, 1.807) is 6.07 Å². The molecule has 5 aliphatic rings. The van der Waals surface area contributed by atoms with Crippen molar-refractivity contribution in [3.05, 3.63) is 76.9 Å². The molecule has 0 saturated heterocycles. The lowest BCUT2D eigenvalue weighted by Crippen LogP contribution is -2.47. The van der Waals surface area contributed by atoms with Crippen LogP contribution in [0.1, 0.15) is 65.8 Å². The van der Waals surface area contributed by atoms with Gasteiger partial charge in [-0.3, -0.25) is 4.79 Å². The zero-order valence-electron chi connectivity index (χ0n) is 19.9. The van der Waals surface area contributed by atoms with Crippen molar-refractivity contribution < 1.29 is 9.18 Å². The third-order valence-electron chi connectivity index (χ3n) is 8.97. The largest absolute Gasteiger partial charge is 0.305 e. The molecule has 1 aromatic heterocycles. The summed E-state index contributed by atoms with van der Waals surface area (Å²) in [5.41, 5.74) is 5.51. The van der Waals surface area contributed by atoms with Gasteiger partial charge >= 0.3 is 0 Å². The normalized spacial score (nSPS) is 27.9. The fourth-order valence-corrected chi connectivity index (χ4v) is 8.00. The fourth-order valence-electron chi connectivity index (χ4n) is 8.00. The monoisotopic (exact) mass is 467 g/mol. The molecule has 1 N–H and O–H groups in total. The highest BCUT2D eigenvalue weighted by molar-refractivity contribution is 6.04. The number of benzene rings is 2. The van der Waals surface area contributed by atoms with Crippen LogP contribution in [0.4, 0.5) is 10.2 Å². The number of nitrogens with one attached hydrogen (secondary N) is 1. The van der Waals surface area contributed by atoms with Crippen LogP contribution in [0.2, 0.25) is 0 Å². The molecule has 2 aromatic carbocycles. The summed E-state index contributed by atoms with van der Waals surface area (Å²) in [5.74, 6) is 2.79. The number of carbonyl (C=O) groups excluding carboxylic acids is 1. The smallest absolute Gasteiger partial charge is 0.256 e. The van der Waals surface area contributed by atoms with Gasteiger partial charge in [-0.25, -0.2) is 14.4 Å². The lowest BCUT2D eigenvalue weighted by atomic mass is 9.48. The SMILES string of the molecule is O=C(Nc1nc2c(nc1CC13CC4CC(CC(C4)C1)C3)-c1ccc(F)cc1CC2)c1ccccc1. The summed E-state index contributed by atoms with van der Waals surface area (Å²) in [6.45, 7) is 0. The molecular formula is C30H30FN3O. The maximum Gasteiger partial charge on any atom is 0.256 e. The van der Waals surface area contributed by atoms with Crippen LogP contribution in [0.5, 0.6) is 0 Å². The number of hydrogen-bond donors (Lipinski definition) is 1. The Morgan fingerprint density at radius 2 is 1.66 bits per heavy atom. The van der Waals surface area contributed by atoms with Crippen LogP contribution in [-0.4, -0.2) is 15.9 Å². The second-order valence-corrected chi connectivity index (χ2v) is 11.5. The van der Waals surface area contributed by atoms with Crippen molar-refractivity contribution >= 4 is 11.7 Å². The van der Waals surface area contributed by atoms with Gasteiger partial charge in [-0.05, 0) is 117 Å². The van der Waals surface area contributed by atoms with Crippen molar-refractivity contribution in [3.8, 4) is 11.3 Å². The van der Waals surface area contributed by atoms with Crippen molar-refractivity contribution in [2.45, 2.75) is 57.8 Å². The van der Waals surface area contributed by atoms with Gasteiger partial charge in [0.2, 0.25) is 0 Å². The lowest BCUT2D eigenvalue weighted by Gasteiger charge is -2.57. The van der Waals surface area contributed by atoms with Gasteiger partial charge in [-0.2, -0.15) is 0 Å². The number of halogens is 1. The van der Waals surface area contributed by atoms with E-state index in [9.17, 15) is 9.18 Å². The lowest BCUT2D eigenvalue weighted by molar-refractivity contribution is -0.0526. The molecule has 178 valence electrons. The molecule has 5 heteroatoms. The predicted octanol–water partition coefficient (Wildman–Crippen LogP) is 6.39. The van der Waals surface area contributed by atoms with Crippen molar-refractivity contribution in [1.29, 1.82) is 0 Å². The molecule has 1 heterocycles. The van der Waals surface area contributed by atoms with Crippen LogP contribution in [0, 0.1) is 29.0 Å². The first kappa shape index (κ1) is 21.2. The first-order valence-corrected chi connectivity index (χ1v) is 13.1. The molecule has 4 fully saturated rings. The standard InChI is InChI=1S/C30H30FN3O/c31-23-7-8-24-22(13-23)6-9-25-27(24)32-26(28(33-25)34-29(35)21-4-2-1-3-5-21)17-30-14-18-10-19(15-30)12-20(11-18)16-30/h1-5,7-8,13,18-20H,6,9-12,14-17H2,(H,33,34,35). The summed E-state index contributed by atoms with van der Waals surface area (Å²) in [6.07, 6.45) is 10.3. The zero-order chi connectivity index (χ0) is 23.6. The van der Waals surface area contributed by atoms with Gasteiger partial charge in [0.1, 0.15) is 5.82 Å². The quantitative estimate of drug-likeness (QED) is 0.484. The Hall–Kier alpha value is -3.08. The maximum absolute atomic E-state index is 13.9. The first-order valence-electron chi connectivity index (χ1n) is 13.1. The second kappa shape index (κ2) is 7.97. The van der Waals surface area contributed by atoms with E-state index in [1.165, 1.54) is 44.6 Å². The minimum atomic E-state index is -0.208. The summed E-state index contributed by atoms with van der Waals surface area (Å²) in [4.78, 5) is 23.3. The Balaban J connectivity index is 1.30. The Labute approximate surface area is 205 Å². The number of nitrogens with zero attached hydrogens (tertiary/aromatic N) is 2. The number of amides is 1. The van der Waals surface area contributed by atoms with E-state index in [0.717, 1.165) is 58.8 Å². The molecule has 1 amide bonds. The van der Waals surface area contributed by atoms with E-state index in [0.29, 0.717) is 17.8 Å². The summed E-state index contributed by atoms with van der Waals surface area (Å²) < 4.78 is 13.9. The number of rotatable bonds is 4. The molecule has 8 rings (SSSR count). The fraction of sp³-hybridized carbons (Fsp3) is 0.433. The number of aryl methyl sites for hydroxylation is 2. The van der Waals surface area contributed by atoms with Crippen molar-refractivity contribution in [3.63, 3.8) is 0 Å². The molecular weight excluding hydrogens is 437 g/mol. The van der Waals surface area contributed by atoms with E-state index >= 15 is 0 Å². The van der Waals surface area contributed by atoms with E-state index in [-0.39, 0.29) is 17.1 Å². The maximum atomic E-state index is 13.9. The molecule has 0 unspecified atom stereocenters.